The molecule has 12 heteroatoms. The van der Waals surface area contributed by atoms with Crippen molar-refractivity contribution in [3.05, 3.63) is 106 Å². The lowest BCUT2D eigenvalue weighted by Gasteiger charge is -2.33. The number of amides is 2. The lowest BCUT2D eigenvalue weighted by Crippen LogP contribution is -2.53. The van der Waals surface area contributed by atoms with Gasteiger partial charge in [-0.25, -0.2) is 12.8 Å². The summed E-state index contributed by atoms with van der Waals surface area (Å²) in [7, 11) is -4.10. The monoisotopic (exact) mass is 556 g/mol. The van der Waals surface area contributed by atoms with Crippen molar-refractivity contribution in [1.29, 1.82) is 0 Å². The summed E-state index contributed by atoms with van der Waals surface area (Å²) >= 11 is 0. The predicted molar refractivity (Wildman–Crippen MR) is 145 cm³/mol. The molecule has 0 aromatic heterocycles. The van der Waals surface area contributed by atoms with Crippen molar-refractivity contribution in [1.82, 2.24) is 10.2 Å². The zero-order chi connectivity index (χ0) is 28.6. The van der Waals surface area contributed by atoms with Crippen LogP contribution < -0.4 is 9.62 Å². The van der Waals surface area contributed by atoms with E-state index >= 15 is 0 Å². The molecule has 1 atom stereocenters. The van der Waals surface area contributed by atoms with Gasteiger partial charge >= 0.3 is 0 Å². The number of hydrogen-bond donors (Lipinski definition) is 1. The molecule has 0 bridgehead atoms. The Bertz CT molecular complexity index is 1430. The second-order valence-electron chi connectivity index (χ2n) is 8.76. The number of halogens is 1. The first kappa shape index (κ1) is 29.2. The van der Waals surface area contributed by atoms with E-state index < -0.39 is 45.2 Å². The minimum atomic E-state index is -4.10. The van der Waals surface area contributed by atoms with Gasteiger partial charge in [-0.2, -0.15) is 0 Å². The Morgan fingerprint density at radius 1 is 1.03 bits per heavy atom. The number of carbonyl (C=O) groups is 2. The first-order valence-corrected chi connectivity index (χ1v) is 13.9. The fourth-order valence-corrected chi connectivity index (χ4v) is 4.87. The molecule has 3 aromatic rings. The SMILES string of the molecule is CCNC(=O)C(Cc1ccccc1)N(Cc1ccccc1F)C(=O)CN(c1cccc([N+](=O)[O-])c1)S(C)(=O)=O. The molecule has 0 saturated heterocycles. The first-order valence-electron chi connectivity index (χ1n) is 12.1. The van der Waals surface area contributed by atoms with Crippen LogP contribution in [0.1, 0.15) is 18.1 Å². The minimum Gasteiger partial charge on any atom is -0.355 e. The van der Waals surface area contributed by atoms with Crippen molar-refractivity contribution in [2.45, 2.75) is 25.9 Å². The molecule has 3 aromatic carbocycles. The van der Waals surface area contributed by atoms with Crippen LogP contribution in [0, 0.1) is 15.9 Å². The van der Waals surface area contributed by atoms with Gasteiger partial charge in [0.2, 0.25) is 21.8 Å². The fourth-order valence-electron chi connectivity index (χ4n) is 4.03. The van der Waals surface area contributed by atoms with Gasteiger partial charge in [-0.15, -0.1) is 0 Å². The number of carbonyl (C=O) groups excluding carboxylic acids is 2. The number of sulfonamides is 1. The van der Waals surface area contributed by atoms with E-state index in [0.717, 1.165) is 27.1 Å². The molecule has 1 N–H and O–H groups in total. The maximum atomic E-state index is 14.7. The summed E-state index contributed by atoms with van der Waals surface area (Å²) in [5, 5.41) is 14.0. The molecule has 0 heterocycles. The standard InChI is InChI=1S/C27H29FN4O6S/c1-3-29-27(34)25(16-20-10-5-4-6-11-20)30(18-21-12-7-8-15-24(21)28)26(33)19-31(39(2,37)38)22-13-9-14-23(17-22)32(35)36/h4-15,17,25H,3,16,18-19H2,1-2H3,(H,29,34). The Hall–Kier alpha value is -4.32. The Labute approximate surface area is 226 Å². The lowest BCUT2D eigenvalue weighted by molar-refractivity contribution is -0.384. The third kappa shape index (κ3) is 7.84. The lowest BCUT2D eigenvalue weighted by atomic mass is 10.0. The largest absolute Gasteiger partial charge is 0.355 e. The van der Waals surface area contributed by atoms with E-state index in [2.05, 4.69) is 5.32 Å². The van der Waals surface area contributed by atoms with Crippen LogP contribution in [-0.2, 0) is 32.6 Å². The number of nitrogens with zero attached hydrogens (tertiary/aromatic N) is 3. The van der Waals surface area contributed by atoms with Crippen LogP contribution in [0.5, 0.6) is 0 Å². The van der Waals surface area contributed by atoms with Crippen LogP contribution in [0.2, 0.25) is 0 Å². The summed E-state index contributed by atoms with van der Waals surface area (Å²) in [4.78, 5) is 38.8. The molecule has 0 aliphatic carbocycles. The summed E-state index contributed by atoms with van der Waals surface area (Å²) in [6, 6.07) is 18.5. The molecule has 206 valence electrons. The molecule has 0 aliphatic rings. The van der Waals surface area contributed by atoms with Crippen molar-refractivity contribution in [3.8, 4) is 0 Å². The highest BCUT2D eigenvalue weighted by atomic mass is 32.2. The molecule has 0 saturated carbocycles. The second-order valence-corrected chi connectivity index (χ2v) is 10.7. The van der Waals surface area contributed by atoms with Gasteiger partial charge in [-0.1, -0.05) is 54.6 Å². The number of benzene rings is 3. The molecule has 0 fully saturated rings. The van der Waals surface area contributed by atoms with Crippen molar-refractivity contribution >= 4 is 33.2 Å². The van der Waals surface area contributed by atoms with Gasteiger partial charge in [0.05, 0.1) is 16.9 Å². The maximum absolute atomic E-state index is 14.7. The summed E-state index contributed by atoms with van der Waals surface area (Å²) < 4.78 is 40.9. The van der Waals surface area contributed by atoms with Gasteiger partial charge in [0.1, 0.15) is 18.4 Å². The average Bonchev–Trinajstić information content (AvgIpc) is 2.90. The normalized spacial score (nSPS) is 11.9. The smallest absolute Gasteiger partial charge is 0.271 e. The number of nitrogens with one attached hydrogen (secondary N) is 1. The highest BCUT2D eigenvalue weighted by Crippen LogP contribution is 2.24. The summed E-state index contributed by atoms with van der Waals surface area (Å²) in [6.07, 6.45) is 0.952. The Kier molecular flexibility index (Phi) is 9.72. The molecule has 10 nitrogen and oxygen atoms in total. The van der Waals surface area contributed by atoms with Crippen molar-refractivity contribution in [2.24, 2.45) is 0 Å². The number of nitro benzene ring substituents is 1. The maximum Gasteiger partial charge on any atom is 0.271 e. The van der Waals surface area contributed by atoms with Crippen molar-refractivity contribution in [2.75, 3.05) is 23.7 Å². The van der Waals surface area contributed by atoms with Crippen LogP contribution >= 0.6 is 0 Å². The highest BCUT2D eigenvalue weighted by molar-refractivity contribution is 7.92. The Morgan fingerprint density at radius 2 is 1.69 bits per heavy atom. The summed E-state index contributed by atoms with van der Waals surface area (Å²) in [5.74, 6) is -1.88. The molecule has 39 heavy (non-hydrogen) atoms. The Balaban J connectivity index is 2.07. The van der Waals surface area contributed by atoms with E-state index in [1.807, 2.05) is 0 Å². The molecule has 0 radical (unpaired) electrons. The Morgan fingerprint density at radius 3 is 2.31 bits per heavy atom. The highest BCUT2D eigenvalue weighted by Gasteiger charge is 2.33. The fraction of sp³-hybridized carbons (Fsp3) is 0.259. The number of non-ortho nitro benzene ring substituents is 1. The van der Waals surface area contributed by atoms with E-state index in [-0.39, 0.29) is 36.4 Å². The first-order chi connectivity index (χ1) is 18.5. The van der Waals surface area contributed by atoms with Crippen LogP contribution in [0.3, 0.4) is 0 Å². The number of rotatable bonds is 12. The molecular weight excluding hydrogens is 527 g/mol. The van der Waals surface area contributed by atoms with Crippen LogP contribution in [0.4, 0.5) is 15.8 Å². The van der Waals surface area contributed by atoms with Gasteiger partial charge in [-0.3, -0.25) is 24.0 Å². The van der Waals surface area contributed by atoms with Gasteiger partial charge < -0.3 is 10.2 Å². The minimum absolute atomic E-state index is 0.0859. The zero-order valence-electron chi connectivity index (χ0n) is 21.5. The van der Waals surface area contributed by atoms with E-state index in [4.69, 9.17) is 0 Å². The number of likely N-dealkylation sites (N-methyl/N-ethyl adjacent to an activating group) is 1. The zero-order valence-corrected chi connectivity index (χ0v) is 22.3. The molecule has 3 rings (SSSR count). The van der Waals surface area contributed by atoms with E-state index in [1.165, 1.54) is 36.4 Å². The van der Waals surface area contributed by atoms with Gasteiger partial charge in [-0.05, 0) is 24.6 Å². The topological polar surface area (TPSA) is 130 Å². The summed E-state index contributed by atoms with van der Waals surface area (Å²) in [5.41, 5.74) is 0.415. The molecular formula is C27H29FN4O6S. The second kappa shape index (κ2) is 13.0. The third-order valence-corrected chi connectivity index (χ3v) is 7.07. The van der Waals surface area contributed by atoms with Gasteiger partial charge in [0, 0.05) is 37.2 Å². The van der Waals surface area contributed by atoms with Crippen molar-refractivity contribution in [3.63, 3.8) is 0 Å². The average molecular weight is 557 g/mol. The molecule has 1 unspecified atom stereocenters. The van der Waals surface area contributed by atoms with E-state index in [0.29, 0.717) is 0 Å². The molecule has 0 aliphatic heterocycles. The number of hydrogen-bond acceptors (Lipinski definition) is 6. The molecule has 2 amide bonds. The van der Waals surface area contributed by atoms with Gasteiger partial charge in [0.15, 0.2) is 0 Å². The molecule has 0 spiro atoms. The van der Waals surface area contributed by atoms with Crippen LogP contribution in [0.25, 0.3) is 0 Å². The van der Waals surface area contributed by atoms with Crippen LogP contribution in [-0.4, -0.2) is 55.4 Å². The third-order valence-electron chi connectivity index (χ3n) is 5.93. The van der Waals surface area contributed by atoms with E-state index in [9.17, 15) is 32.5 Å². The van der Waals surface area contributed by atoms with Crippen LogP contribution in [0.15, 0.2) is 78.9 Å². The summed E-state index contributed by atoms with van der Waals surface area (Å²) in [6.45, 7) is 0.912. The number of anilines is 1. The van der Waals surface area contributed by atoms with Gasteiger partial charge in [0.25, 0.3) is 5.69 Å². The predicted octanol–water partition coefficient (Wildman–Crippen LogP) is 3.28. The van der Waals surface area contributed by atoms with E-state index in [1.54, 1.807) is 43.3 Å². The number of nitro groups is 1. The van der Waals surface area contributed by atoms with Crippen molar-refractivity contribution < 1.29 is 27.3 Å². The quantitative estimate of drug-likeness (QED) is 0.269.